The molecule has 0 aliphatic carbocycles. The first-order valence-electron chi connectivity index (χ1n) is 17.1. The van der Waals surface area contributed by atoms with Gasteiger partial charge in [-0.05, 0) is 105 Å². The van der Waals surface area contributed by atoms with E-state index >= 15 is 0 Å². The van der Waals surface area contributed by atoms with Crippen molar-refractivity contribution in [1.29, 1.82) is 0 Å². The van der Waals surface area contributed by atoms with Gasteiger partial charge in [-0.15, -0.1) is 0 Å². The number of hydrogen-bond donors (Lipinski definition) is 0. The monoisotopic (exact) mass is 686 g/mol. The Kier molecular flexibility index (Phi) is 17.1. The van der Waals surface area contributed by atoms with E-state index in [0.717, 1.165) is 0 Å². The molecule has 1 rings (SSSR count). The second-order valence-electron chi connectivity index (χ2n) is 14.4. The van der Waals surface area contributed by atoms with Gasteiger partial charge in [-0.3, -0.25) is 9.59 Å². The van der Waals surface area contributed by atoms with Gasteiger partial charge in [-0.2, -0.15) is 19.6 Å². The van der Waals surface area contributed by atoms with Crippen LogP contribution in [0, 0.1) is 0 Å². The fourth-order valence-corrected chi connectivity index (χ4v) is 2.97. The Hall–Kier alpha value is -2.16. The van der Waals surface area contributed by atoms with Crippen molar-refractivity contribution in [2.75, 3.05) is 0 Å². The Bertz CT molecular complexity index is 983. The second kappa shape index (κ2) is 18.7. The normalized spacial score (nSPS) is 13.5. The molecule has 0 saturated carbocycles. The van der Waals surface area contributed by atoms with Crippen LogP contribution in [0.25, 0.3) is 0 Å². The quantitative estimate of drug-likeness (QED) is 0.0338. The van der Waals surface area contributed by atoms with E-state index in [4.69, 9.17) is 48.6 Å². The third kappa shape index (κ3) is 15.6. The van der Waals surface area contributed by atoms with E-state index in [9.17, 15) is 9.59 Å². The van der Waals surface area contributed by atoms with Crippen LogP contribution < -0.4 is 9.47 Å². The van der Waals surface area contributed by atoms with E-state index in [1.165, 1.54) is 24.3 Å². The van der Waals surface area contributed by atoms with Crippen LogP contribution in [0.1, 0.15) is 148 Å². The van der Waals surface area contributed by atoms with Crippen LogP contribution in [0.3, 0.4) is 0 Å². The molecule has 0 spiro atoms. The van der Waals surface area contributed by atoms with Crippen molar-refractivity contribution in [3.05, 3.63) is 24.3 Å². The van der Waals surface area contributed by atoms with Crippen LogP contribution in [-0.4, -0.2) is 45.9 Å². The molecule has 12 nitrogen and oxygen atoms in total. The van der Waals surface area contributed by atoms with Crippen LogP contribution in [-0.2, 0) is 48.7 Å². The number of esters is 2. The molecule has 0 radical (unpaired) electrons. The van der Waals surface area contributed by atoms with Crippen molar-refractivity contribution < 1.29 is 58.2 Å². The Labute approximate surface area is 288 Å². The molecule has 0 amide bonds. The fourth-order valence-electron chi connectivity index (χ4n) is 2.97. The van der Waals surface area contributed by atoms with Gasteiger partial charge in [-0.1, -0.05) is 41.5 Å². The van der Waals surface area contributed by atoms with Gasteiger partial charge < -0.3 is 9.47 Å². The highest BCUT2D eigenvalue weighted by Crippen LogP contribution is 2.32. The van der Waals surface area contributed by atoms with Gasteiger partial charge in [0.15, 0.2) is 0 Å². The molecule has 1 aromatic carbocycles. The highest BCUT2D eigenvalue weighted by Gasteiger charge is 2.42. The van der Waals surface area contributed by atoms with Gasteiger partial charge in [-0.25, -0.2) is 19.6 Å². The number of hydrogen-bond acceptors (Lipinski definition) is 12. The van der Waals surface area contributed by atoms with Crippen LogP contribution in [0.2, 0.25) is 0 Å². The summed E-state index contributed by atoms with van der Waals surface area (Å²) >= 11 is 0. The minimum absolute atomic E-state index is 0.217. The summed E-state index contributed by atoms with van der Waals surface area (Å²) in [5, 5.41) is 0. The fraction of sp³-hybridized carbons (Fsp3) is 0.778. The number of carbonyl (C=O) groups is 2. The molecule has 48 heavy (non-hydrogen) atoms. The Balaban J connectivity index is 3.03. The summed E-state index contributed by atoms with van der Waals surface area (Å²) < 4.78 is 11.1. The van der Waals surface area contributed by atoms with Gasteiger partial charge in [0.05, 0.1) is 22.4 Å². The molecule has 278 valence electrons. The maximum atomic E-state index is 13.1. The second-order valence-corrected chi connectivity index (χ2v) is 14.4. The minimum Gasteiger partial charge on any atom is -0.426 e. The average molecular weight is 687 g/mol. The summed E-state index contributed by atoms with van der Waals surface area (Å²) in [6.45, 7) is 26.3. The van der Waals surface area contributed by atoms with Crippen molar-refractivity contribution in [3.8, 4) is 11.5 Å². The molecule has 0 aliphatic heterocycles. The van der Waals surface area contributed by atoms with E-state index in [-0.39, 0.29) is 37.2 Å². The molecule has 0 N–H and O–H groups in total. The molecule has 1 aromatic rings. The van der Waals surface area contributed by atoms with E-state index in [0.29, 0.717) is 25.7 Å². The Morgan fingerprint density at radius 1 is 0.417 bits per heavy atom. The molecule has 0 fully saturated rings. The molecule has 12 heteroatoms. The first-order valence-corrected chi connectivity index (χ1v) is 17.1. The predicted molar refractivity (Wildman–Crippen MR) is 179 cm³/mol. The van der Waals surface area contributed by atoms with Crippen molar-refractivity contribution in [2.24, 2.45) is 0 Å². The molecule has 0 unspecified atom stereocenters. The molecule has 0 aliphatic rings. The zero-order valence-corrected chi connectivity index (χ0v) is 31.9. The summed E-state index contributed by atoms with van der Waals surface area (Å²) in [6.07, 6.45) is 2.43. The number of benzene rings is 1. The lowest BCUT2D eigenvalue weighted by Gasteiger charge is -2.35. The Morgan fingerprint density at radius 3 is 0.833 bits per heavy atom. The average Bonchev–Trinajstić information content (AvgIpc) is 3.04. The van der Waals surface area contributed by atoms with Crippen LogP contribution in [0.15, 0.2) is 24.3 Å². The van der Waals surface area contributed by atoms with E-state index in [2.05, 4.69) is 0 Å². The molecular weight excluding hydrogens is 624 g/mol. The summed E-state index contributed by atoms with van der Waals surface area (Å²) in [5.74, 6) is -3.99. The zero-order valence-electron chi connectivity index (χ0n) is 31.9. The third-order valence-corrected chi connectivity index (χ3v) is 8.27. The first-order chi connectivity index (χ1) is 22.1. The number of rotatable bonds is 24. The zero-order chi connectivity index (χ0) is 36.9. The van der Waals surface area contributed by atoms with Crippen molar-refractivity contribution in [3.63, 3.8) is 0 Å². The largest absolute Gasteiger partial charge is 0.426 e. The van der Waals surface area contributed by atoms with Gasteiger partial charge in [0.1, 0.15) is 24.3 Å². The summed E-state index contributed by atoms with van der Waals surface area (Å²) in [7, 11) is 0. The SMILES string of the molecule is CCC(C)(C)OOC(CC)(CC(=O)Oc1ccc(OC(=O)CC(CC)(OOC(C)(C)CC)OOC(C)(C)CC)cc1)OOC(C)(C)CC. The van der Waals surface area contributed by atoms with Crippen molar-refractivity contribution >= 4 is 11.9 Å². The van der Waals surface area contributed by atoms with Gasteiger partial charge in [0.25, 0.3) is 0 Å². The highest BCUT2D eigenvalue weighted by molar-refractivity contribution is 5.74. The lowest BCUT2D eigenvalue weighted by molar-refractivity contribution is -0.543. The Morgan fingerprint density at radius 2 is 0.646 bits per heavy atom. The smallest absolute Gasteiger partial charge is 0.316 e. The van der Waals surface area contributed by atoms with Crippen LogP contribution in [0.5, 0.6) is 11.5 Å². The van der Waals surface area contributed by atoms with Crippen LogP contribution >= 0.6 is 0 Å². The molecular formula is C36H62O12. The van der Waals surface area contributed by atoms with Gasteiger partial charge >= 0.3 is 11.9 Å². The topological polar surface area (TPSA) is 126 Å². The summed E-state index contributed by atoms with van der Waals surface area (Å²) in [6, 6.07) is 6.01. The molecule has 0 bridgehead atoms. The van der Waals surface area contributed by atoms with E-state index in [1.54, 1.807) is 13.8 Å². The number of ether oxygens (including phenoxy) is 2. The maximum absolute atomic E-state index is 13.1. The lowest BCUT2D eigenvalue weighted by atomic mass is 10.1. The summed E-state index contributed by atoms with van der Waals surface area (Å²) in [5.41, 5.74) is -2.52. The van der Waals surface area contributed by atoms with E-state index in [1.807, 2.05) is 83.1 Å². The first kappa shape index (κ1) is 43.9. The van der Waals surface area contributed by atoms with E-state index < -0.39 is 45.9 Å². The van der Waals surface area contributed by atoms with Gasteiger partial charge in [0.2, 0.25) is 11.6 Å². The third-order valence-electron chi connectivity index (χ3n) is 8.27. The standard InChI is InChI=1S/C36H62O12/c1-15-31(7,8)41-45-35(19-5,46-42-32(9,10)16-2)25-29(37)39-27-21-23-28(24-22-27)40-30(38)26-36(20-6,47-43-33(11,12)17-3)48-44-34(13,14)18-4/h21-24H,15-20,25-26H2,1-14H3. The van der Waals surface area contributed by atoms with Crippen molar-refractivity contribution in [2.45, 2.75) is 182 Å². The molecule has 0 atom stereocenters. The number of carbonyl (C=O) groups excluding carboxylic acids is 2. The minimum atomic E-state index is -1.56. The van der Waals surface area contributed by atoms with Crippen molar-refractivity contribution in [1.82, 2.24) is 0 Å². The maximum Gasteiger partial charge on any atom is 0.316 e. The van der Waals surface area contributed by atoms with Gasteiger partial charge in [0, 0.05) is 12.8 Å². The molecule has 0 saturated heterocycles. The summed E-state index contributed by atoms with van der Waals surface area (Å²) in [4.78, 5) is 71.8. The van der Waals surface area contributed by atoms with Crippen LogP contribution in [0.4, 0.5) is 0 Å². The molecule has 0 heterocycles. The highest BCUT2D eigenvalue weighted by atomic mass is 17.3. The lowest BCUT2D eigenvalue weighted by Crippen LogP contribution is -2.43. The predicted octanol–water partition coefficient (Wildman–Crippen LogP) is 9.04. The molecule has 0 aromatic heterocycles.